The van der Waals surface area contributed by atoms with Crippen molar-refractivity contribution in [1.29, 1.82) is 0 Å². The van der Waals surface area contributed by atoms with Gasteiger partial charge < -0.3 is 15.4 Å². The Morgan fingerprint density at radius 2 is 2.10 bits per heavy atom. The average Bonchev–Trinajstić information content (AvgIpc) is 3.17. The van der Waals surface area contributed by atoms with Crippen LogP contribution >= 0.6 is 0 Å². The first-order valence-electron chi connectivity index (χ1n) is 10.5. The Kier molecular flexibility index (Phi) is 7.47. The summed E-state index contributed by atoms with van der Waals surface area (Å²) in [5.74, 6) is 1.29. The lowest BCUT2D eigenvalue weighted by atomic mass is 9.81. The van der Waals surface area contributed by atoms with Gasteiger partial charge in [0.1, 0.15) is 11.4 Å². The molecule has 1 fully saturated rings. The monoisotopic (exact) mass is 396 g/mol. The Morgan fingerprint density at radius 1 is 1.31 bits per heavy atom. The van der Waals surface area contributed by atoms with E-state index in [1.807, 2.05) is 30.3 Å². The molecule has 0 aliphatic heterocycles. The van der Waals surface area contributed by atoms with Gasteiger partial charge >= 0.3 is 0 Å². The van der Waals surface area contributed by atoms with E-state index in [0.717, 1.165) is 36.9 Å². The number of carbonyl (C=O) groups excluding carboxylic acids is 1. The number of nitrogens with zero attached hydrogens (tertiary/aromatic N) is 2. The third kappa shape index (κ3) is 5.26. The number of hydrogen-bond acceptors (Lipinski definition) is 4. The van der Waals surface area contributed by atoms with Gasteiger partial charge in [-0.25, -0.2) is 4.68 Å². The Hall–Kier alpha value is -2.60. The molecule has 1 aromatic carbocycles. The molecule has 1 saturated carbocycles. The minimum absolute atomic E-state index is 0.0340. The number of nitrogens with one attached hydrogen (secondary N) is 2. The van der Waals surface area contributed by atoms with Crippen LogP contribution in [0.4, 0.5) is 5.82 Å². The minimum Gasteiger partial charge on any atom is -0.385 e. The highest BCUT2D eigenvalue weighted by Gasteiger charge is 2.26. The van der Waals surface area contributed by atoms with Crippen molar-refractivity contribution in [3.8, 4) is 5.69 Å². The van der Waals surface area contributed by atoms with Crippen LogP contribution in [0.5, 0.6) is 0 Å². The number of benzene rings is 1. The number of aromatic nitrogens is 2. The molecule has 0 saturated heterocycles. The first-order chi connectivity index (χ1) is 14.1. The van der Waals surface area contributed by atoms with Gasteiger partial charge in [0.05, 0.1) is 17.9 Å². The van der Waals surface area contributed by atoms with Crippen LogP contribution in [0.3, 0.4) is 0 Å². The fourth-order valence-corrected chi connectivity index (χ4v) is 3.85. The van der Waals surface area contributed by atoms with Crippen LogP contribution in [0.2, 0.25) is 0 Å². The second kappa shape index (κ2) is 10.3. The Bertz CT molecular complexity index is 816. The minimum atomic E-state index is -0.109. The van der Waals surface area contributed by atoms with Crippen molar-refractivity contribution in [3.05, 3.63) is 54.2 Å². The molecular formula is C23H32N4O2. The molecule has 2 unspecified atom stereocenters. The van der Waals surface area contributed by atoms with Crippen molar-refractivity contribution >= 4 is 11.7 Å². The molecule has 6 heteroatoms. The van der Waals surface area contributed by atoms with Crippen LogP contribution in [0, 0.1) is 5.92 Å². The van der Waals surface area contributed by atoms with E-state index in [0.29, 0.717) is 30.5 Å². The molecule has 1 heterocycles. The van der Waals surface area contributed by atoms with Gasteiger partial charge in [0.15, 0.2) is 0 Å². The van der Waals surface area contributed by atoms with Crippen molar-refractivity contribution in [1.82, 2.24) is 15.1 Å². The molecule has 1 amide bonds. The van der Waals surface area contributed by atoms with Crippen molar-refractivity contribution in [2.24, 2.45) is 5.92 Å². The molecule has 2 N–H and O–H groups in total. The van der Waals surface area contributed by atoms with Gasteiger partial charge in [-0.1, -0.05) is 43.7 Å². The lowest BCUT2D eigenvalue weighted by Crippen LogP contribution is -2.39. The van der Waals surface area contributed by atoms with Gasteiger partial charge in [0.25, 0.3) is 5.91 Å². The molecule has 0 bridgehead atoms. The van der Waals surface area contributed by atoms with Gasteiger partial charge in [0.2, 0.25) is 0 Å². The molecule has 1 aromatic heterocycles. The number of anilines is 1. The Morgan fingerprint density at radius 3 is 2.79 bits per heavy atom. The Balaban J connectivity index is 1.77. The van der Waals surface area contributed by atoms with Gasteiger partial charge in [-0.2, -0.15) is 5.10 Å². The van der Waals surface area contributed by atoms with Crippen molar-refractivity contribution in [3.63, 3.8) is 0 Å². The molecule has 3 rings (SSSR count). The lowest BCUT2D eigenvalue weighted by molar-refractivity contribution is 0.0936. The predicted octanol–water partition coefficient (Wildman–Crippen LogP) is 4.19. The highest BCUT2D eigenvalue weighted by Crippen LogP contribution is 2.30. The quantitative estimate of drug-likeness (QED) is 0.493. The van der Waals surface area contributed by atoms with Gasteiger partial charge in [0, 0.05) is 20.3 Å². The zero-order chi connectivity index (χ0) is 20.6. The summed E-state index contributed by atoms with van der Waals surface area (Å²) in [6.45, 7) is 7.80. The number of rotatable bonds is 9. The molecule has 156 valence electrons. The first-order valence-corrected chi connectivity index (χ1v) is 10.5. The molecule has 2 aromatic rings. The predicted molar refractivity (Wildman–Crippen MR) is 117 cm³/mol. The number of carbonyl (C=O) groups is 1. The SMILES string of the molecule is C=C1CC(CC)CCC1NC(=O)c1cnn(-c2ccccc2)c1NCCCOC. The van der Waals surface area contributed by atoms with Crippen LogP contribution in [-0.2, 0) is 4.74 Å². The summed E-state index contributed by atoms with van der Waals surface area (Å²) in [6.07, 6.45) is 6.72. The van der Waals surface area contributed by atoms with E-state index < -0.39 is 0 Å². The summed E-state index contributed by atoms with van der Waals surface area (Å²) in [5.41, 5.74) is 2.59. The van der Waals surface area contributed by atoms with Gasteiger partial charge in [-0.3, -0.25) is 4.79 Å². The fourth-order valence-electron chi connectivity index (χ4n) is 3.85. The highest BCUT2D eigenvalue weighted by atomic mass is 16.5. The summed E-state index contributed by atoms with van der Waals surface area (Å²) in [5, 5.41) is 11.0. The van der Waals surface area contributed by atoms with E-state index in [-0.39, 0.29) is 11.9 Å². The molecule has 0 radical (unpaired) electrons. The number of amides is 1. The number of para-hydroxylation sites is 1. The molecule has 1 aliphatic carbocycles. The topological polar surface area (TPSA) is 68.2 Å². The van der Waals surface area contributed by atoms with E-state index >= 15 is 0 Å². The maximum atomic E-state index is 13.1. The summed E-state index contributed by atoms with van der Waals surface area (Å²) >= 11 is 0. The van der Waals surface area contributed by atoms with Crippen LogP contribution in [0.1, 0.15) is 49.4 Å². The van der Waals surface area contributed by atoms with Crippen molar-refractivity contribution in [2.45, 2.75) is 45.1 Å². The van der Waals surface area contributed by atoms with E-state index in [1.54, 1.807) is 18.0 Å². The third-order valence-electron chi connectivity index (χ3n) is 5.62. The van der Waals surface area contributed by atoms with Gasteiger partial charge in [-0.15, -0.1) is 0 Å². The molecule has 1 aliphatic rings. The molecule has 6 nitrogen and oxygen atoms in total. The summed E-state index contributed by atoms with van der Waals surface area (Å²) in [4.78, 5) is 13.1. The normalized spacial score (nSPS) is 19.2. The summed E-state index contributed by atoms with van der Waals surface area (Å²) < 4.78 is 6.91. The zero-order valence-electron chi connectivity index (χ0n) is 17.5. The highest BCUT2D eigenvalue weighted by molar-refractivity contribution is 5.99. The molecule has 29 heavy (non-hydrogen) atoms. The standard InChI is InChI=1S/C23H32N4O2/c1-4-18-11-12-21(17(2)15-18)26-23(28)20-16-25-27(19-9-6-5-7-10-19)22(20)24-13-8-14-29-3/h5-7,9-10,16,18,21,24H,2,4,8,11-15H2,1,3H3,(H,26,28). The second-order valence-corrected chi connectivity index (χ2v) is 7.67. The van der Waals surface area contributed by atoms with E-state index in [2.05, 4.69) is 29.2 Å². The van der Waals surface area contributed by atoms with Crippen LogP contribution < -0.4 is 10.6 Å². The fraction of sp³-hybridized carbons (Fsp3) is 0.478. The van der Waals surface area contributed by atoms with E-state index in [1.165, 1.54) is 6.42 Å². The number of ether oxygens (including phenoxy) is 1. The van der Waals surface area contributed by atoms with Crippen LogP contribution in [-0.4, -0.2) is 42.0 Å². The van der Waals surface area contributed by atoms with Crippen molar-refractivity contribution < 1.29 is 9.53 Å². The smallest absolute Gasteiger partial charge is 0.257 e. The second-order valence-electron chi connectivity index (χ2n) is 7.67. The van der Waals surface area contributed by atoms with Crippen LogP contribution in [0.15, 0.2) is 48.7 Å². The maximum Gasteiger partial charge on any atom is 0.257 e. The maximum absolute atomic E-state index is 13.1. The van der Waals surface area contributed by atoms with Crippen molar-refractivity contribution in [2.75, 3.05) is 25.6 Å². The third-order valence-corrected chi connectivity index (χ3v) is 5.62. The van der Waals surface area contributed by atoms with E-state index in [4.69, 9.17) is 4.74 Å². The summed E-state index contributed by atoms with van der Waals surface area (Å²) in [6, 6.07) is 9.87. The van der Waals surface area contributed by atoms with E-state index in [9.17, 15) is 4.79 Å². The molecule has 0 spiro atoms. The summed E-state index contributed by atoms with van der Waals surface area (Å²) in [7, 11) is 1.69. The van der Waals surface area contributed by atoms with Crippen LogP contribution in [0.25, 0.3) is 5.69 Å². The largest absolute Gasteiger partial charge is 0.385 e. The molecule has 2 atom stereocenters. The first kappa shape index (κ1) is 21.1. The zero-order valence-corrected chi connectivity index (χ0v) is 17.5. The molecular weight excluding hydrogens is 364 g/mol. The lowest BCUT2D eigenvalue weighted by Gasteiger charge is -2.30. The average molecular weight is 397 g/mol. The Labute approximate surface area is 173 Å². The van der Waals surface area contributed by atoms with Gasteiger partial charge in [-0.05, 0) is 43.7 Å². The number of methoxy groups -OCH3 is 1. The number of hydrogen-bond donors (Lipinski definition) is 2.